The van der Waals surface area contributed by atoms with Crippen LogP contribution in [-0.2, 0) is 19.2 Å². The monoisotopic (exact) mass is 472 g/mol. The molecule has 1 N–H and O–H groups in total. The predicted octanol–water partition coefficient (Wildman–Crippen LogP) is 4.38. The Morgan fingerprint density at radius 2 is 1.65 bits per heavy atom. The van der Waals surface area contributed by atoms with Crippen molar-refractivity contribution in [1.82, 2.24) is 4.57 Å². The first-order chi connectivity index (χ1) is 15.9. The molecule has 0 radical (unpaired) electrons. The zero-order valence-corrected chi connectivity index (χ0v) is 18.8. The van der Waals surface area contributed by atoms with Gasteiger partial charge in [-0.2, -0.15) is 13.2 Å². The highest BCUT2D eigenvalue weighted by Gasteiger charge is 2.34. The van der Waals surface area contributed by atoms with Crippen LogP contribution < -0.4 is 15.2 Å². The van der Waals surface area contributed by atoms with Crippen molar-refractivity contribution < 1.29 is 27.8 Å². The summed E-state index contributed by atoms with van der Waals surface area (Å²) in [5, 5.41) is 10.2. The molecule has 0 unspecified atom stereocenters. The van der Waals surface area contributed by atoms with E-state index in [1.165, 1.54) is 40.9 Å². The zero-order chi connectivity index (χ0) is 24.8. The molecule has 0 bridgehead atoms. The van der Waals surface area contributed by atoms with Crippen LogP contribution in [0.25, 0.3) is 11.1 Å². The van der Waals surface area contributed by atoms with Crippen LogP contribution in [0.4, 0.5) is 18.9 Å². The summed E-state index contributed by atoms with van der Waals surface area (Å²) in [6.45, 7) is 1.87. The molecule has 0 fully saturated rings. The highest BCUT2D eigenvalue weighted by Crippen LogP contribution is 2.37. The quantitative estimate of drug-likeness (QED) is 0.598. The lowest BCUT2D eigenvalue weighted by molar-refractivity contribution is -0.153. The molecule has 1 aromatic heterocycles. The van der Waals surface area contributed by atoms with Gasteiger partial charge in [-0.3, -0.25) is 9.59 Å². The summed E-state index contributed by atoms with van der Waals surface area (Å²) in [5.41, 5.74) is 0.764. The van der Waals surface area contributed by atoms with Crippen LogP contribution in [0.2, 0.25) is 0 Å². The van der Waals surface area contributed by atoms with Crippen LogP contribution in [0.1, 0.15) is 35.3 Å². The second kappa shape index (κ2) is 8.32. The van der Waals surface area contributed by atoms with Gasteiger partial charge in [0.15, 0.2) is 6.61 Å². The molecule has 0 saturated heterocycles. The number of hydrogen-bond acceptors (Lipinski definition) is 4. The van der Waals surface area contributed by atoms with Crippen molar-refractivity contribution in [3.8, 4) is 16.9 Å². The molecular weight excluding hydrogens is 449 g/mol. The van der Waals surface area contributed by atoms with Crippen molar-refractivity contribution in [2.75, 3.05) is 11.5 Å². The smallest absolute Gasteiger partial charge is 0.422 e. The number of nitrogens with zero attached hydrogens (tertiary/aromatic N) is 2. The normalized spacial score (nSPS) is 13.9. The van der Waals surface area contributed by atoms with Gasteiger partial charge in [0.25, 0.3) is 11.5 Å². The number of aryl methyl sites for hydroxylation is 1. The largest absolute Gasteiger partial charge is 0.483 e. The zero-order valence-electron chi connectivity index (χ0n) is 18.8. The molecule has 3 aromatic rings. The molecule has 2 heterocycles. The van der Waals surface area contributed by atoms with Gasteiger partial charge in [-0.05, 0) is 43.2 Å². The second-order valence-electron chi connectivity index (χ2n) is 8.71. The predicted molar refractivity (Wildman–Crippen MR) is 121 cm³/mol. The SMILES string of the molecule is Cn1cc2c(c(-c3ccccc3OCC(F)(F)F)c1=O)CN(c1ccc(C(C)(C)O)cc1)C2=O. The van der Waals surface area contributed by atoms with E-state index in [-0.39, 0.29) is 34.9 Å². The first kappa shape index (κ1) is 23.6. The number of hydrogen-bond donors (Lipinski definition) is 1. The third-order valence-corrected chi connectivity index (χ3v) is 5.71. The minimum atomic E-state index is -4.54. The van der Waals surface area contributed by atoms with Crippen LogP contribution >= 0.6 is 0 Å². The molecule has 9 heteroatoms. The van der Waals surface area contributed by atoms with Gasteiger partial charge in [-0.25, -0.2) is 0 Å². The Labute approximate surface area is 193 Å². The summed E-state index contributed by atoms with van der Waals surface area (Å²) in [6, 6.07) is 12.8. The molecule has 0 atom stereocenters. The third kappa shape index (κ3) is 4.43. The van der Waals surface area contributed by atoms with Gasteiger partial charge in [0.2, 0.25) is 0 Å². The highest BCUT2D eigenvalue weighted by molar-refractivity contribution is 6.11. The topological polar surface area (TPSA) is 71.8 Å². The fourth-order valence-electron chi connectivity index (χ4n) is 3.99. The van der Waals surface area contributed by atoms with Crippen LogP contribution in [-0.4, -0.2) is 28.4 Å². The standard InChI is InChI=1S/C25H23F3N2O4/c1-24(2,33)15-8-10-16(11-9-15)30-13-18-19(22(30)31)12-29(3)23(32)21(18)17-6-4-5-7-20(17)34-14-25(26,27)28/h4-12,33H,13-14H2,1-3H3. The maximum absolute atomic E-state index is 13.2. The van der Waals surface area contributed by atoms with Gasteiger partial charge >= 0.3 is 6.18 Å². The van der Waals surface area contributed by atoms with E-state index in [2.05, 4.69) is 0 Å². The molecule has 178 valence electrons. The van der Waals surface area contributed by atoms with E-state index in [0.717, 1.165) is 0 Å². The average molecular weight is 472 g/mol. The number of pyridine rings is 1. The first-order valence-corrected chi connectivity index (χ1v) is 10.5. The summed E-state index contributed by atoms with van der Waals surface area (Å²) in [6.07, 6.45) is -3.10. The fourth-order valence-corrected chi connectivity index (χ4v) is 3.99. The van der Waals surface area contributed by atoms with E-state index in [0.29, 0.717) is 16.8 Å². The minimum Gasteiger partial charge on any atom is -0.483 e. The number of amides is 1. The Hall–Kier alpha value is -3.59. The number of rotatable bonds is 5. The van der Waals surface area contributed by atoms with Crippen LogP contribution in [0.15, 0.2) is 59.5 Å². The van der Waals surface area contributed by atoms with Crippen LogP contribution in [0.5, 0.6) is 5.75 Å². The lowest BCUT2D eigenvalue weighted by Gasteiger charge is -2.20. The number of ether oxygens (including phenoxy) is 1. The Morgan fingerprint density at radius 3 is 2.26 bits per heavy atom. The first-order valence-electron chi connectivity index (χ1n) is 10.5. The summed E-state index contributed by atoms with van der Waals surface area (Å²) in [5.74, 6) is -0.428. The lowest BCUT2D eigenvalue weighted by Crippen LogP contribution is -2.23. The van der Waals surface area contributed by atoms with Crippen molar-refractivity contribution in [2.45, 2.75) is 32.2 Å². The molecular formula is C25H23F3N2O4. The van der Waals surface area contributed by atoms with E-state index >= 15 is 0 Å². The van der Waals surface area contributed by atoms with E-state index in [1.807, 2.05) is 0 Å². The number of carbonyl (C=O) groups is 1. The number of benzene rings is 2. The van der Waals surface area contributed by atoms with Gasteiger partial charge < -0.3 is 19.3 Å². The molecule has 1 amide bonds. The van der Waals surface area contributed by atoms with Crippen molar-refractivity contribution in [3.05, 3.63) is 81.8 Å². The van der Waals surface area contributed by atoms with Gasteiger partial charge in [0, 0.05) is 24.5 Å². The van der Waals surface area contributed by atoms with E-state index in [9.17, 15) is 27.9 Å². The summed E-state index contributed by atoms with van der Waals surface area (Å²) in [4.78, 5) is 27.9. The van der Waals surface area contributed by atoms with Gasteiger partial charge in [-0.15, -0.1) is 0 Å². The average Bonchev–Trinajstić information content (AvgIpc) is 3.08. The maximum Gasteiger partial charge on any atom is 0.422 e. The summed E-state index contributed by atoms with van der Waals surface area (Å²) < 4.78 is 44.6. The Balaban J connectivity index is 1.78. The van der Waals surface area contributed by atoms with Gasteiger partial charge in [0.1, 0.15) is 5.75 Å². The van der Waals surface area contributed by atoms with Crippen molar-refractivity contribution >= 4 is 11.6 Å². The number of aromatic nitrogens is 1. The van der Waals surface area contributed by atoms with E-state index in [1.54, 1.807) is 44.2 Å². The van der Waals surface area contributed by atoms with Crippen LogP contribution in [0, 0.1) is 0 Å². The molecule has 34 heavy (non-hydrogen) atoms. The van der Waals surface area contributed by atoms with Crippen LogP contribution in [0.3, 0.4) is 0 Å². The Bertz CT molecular complexity index is 1310. The highest BCUT2D eigenvalue weighted by atomic mass is 19.4. The number of para-hydroxylation sites is 1. The summed E-state index contributed by atoms with van der Waals surface area (Å²) in [7, 11) is 1.49. The maximum atomic E-state index is 13.2. The molecule has 1 aliphatic rings. The molecule has 0 saturated carbocycles. The number of fused-ring (bicyclic) bond motifs is 1. The molecule has 4 rings (SSSR count). The van der Waals surface area contributed by atoms with Crippen molar-refractivity contribution in [3.63, 3.8) is 0 Å². The van der Waals surface area contributed by atoms with E-state index < -0.39 is 23.9 Å². The minimum absolute atomic E-state index is 0.0645. The molecule has 0 aliphatic carbocycles. The molecule has 1 aliphatic heterocycles. The van der Waals surface area contributed by atoms with E-state index in [4.69, 9.17) is 4.74 Å². The van der Waals surface area contributed by atoms with Crippen molar-refractivity contribution in [1.29, 1.82) is 0 Å². The molecule has 2 aromatic carbocycles. The fraction of sp³-hybridized carbons (Fsp3) is 0.280. The third-order valence-electron chi connectivity index (χ3n) is 5.71. The summed E-state index contributed by atoms with van der Waals surface area (Å²) >= 11 is 0. The molecule has 6 nitrogen and oxygen atoms in total. The number of alkyl halides is 3. The molecule has 0 spiro atoms. The van der Waals surface area contributed by atoms with Gasteiger partial charge in [0.05, 0.1) is 23.3 Å². The van der Waals surface area contributed by atoms with Gasteiger partial charge in [-0.1, -0.05) is 30.3 Å². The number of carbonyl (C=O) groups excluding carboxylic acids is 1. The Morgan fingerprint density at radius 1 is 1.00 bits per heavy atom. The number of halogens is 3. The number of aliphatic hydroxyl groups is 1. The Kier molecular flexibility index (Phi) is 5.77. The second-order valence-corrected chi connectivity index (χ2v) is 8.71. The lowest BCUT2D eigenvalue weighted by atomic mass is 9.98. The van der Waals surface area contributed by atoms with Crippen molar-refractivity contribution in [2.24, 2.45) is 7.05 Å². The number of anilines is 1.